The fourth-order valence-corrected chi connectivity index (χ4v) is 3.62. The first-order valence-corrected chi connectivity index (χ1v) is 9.86. The van der Waals surface area contributed by atoms with Crippen molar-refractivity contribution in [1.29, 1.82) is 0 Å². The molecule has 1 aromatic heterocycles. The van der Waals surface area contributed by atoms with Gasteiger partial charge in [-0.05, 0) is 36.1 Å². The summed E-state index contributed by atoms with van der Waals surface area (Å²) in [5.74, 6) is -0.387. The van der Waals surface area contributed by atoms with E-state index in [9.17, 15) is 13.6 Å². The molecule has 0 spiro atoms. The second-order valence-corrected chi connectivity index (χ2v) is 7.48. The molecule has 6 nitrogen and oxygen atoms in total. The number of rotatable bonds is 3. The number of benzene rings is 2. The number of ether oxygens (including phenoxy) is 1. The summed E-state index contributed by atoms with van der Waals surface area (Å²) in [5.41, 5.74) is 1.51. The number of hydrogen-bond donors (Lipinski definition) is 0. The Balaban J connectivity index is 1.96. The monoisotopic (exact) mass is 414 g/mol. The first-order valence-electron chi connectivity index (χ1n) is 8.87. The van der Waals surface area contributed by atoms with Gasteiger partial charge in [-0.15, -0.1) is 10.2 Å². The molecule has 0 N–H and O–H groups in total. The molecule has 1 aliphatic rings. The molecule has 0 fully saturated rings. The fourth-order valence-electron chi connectivity index (χ4n) is 3.11. The van der Waals surface area contributed by atoms with Crippen LogP contribution in [0.3, 0.4) is 0 Å². The molecule has 148 valence electrons. The Morgan fingerprint density at radius 2 is 1.86 bits per heavy atom. The summed E-state index contributed by atoms with van der Waals surface area (Å²) in [4.78, 5) is 18.4. The molecule has 29 heavy (non-hydrogen) atoms. The Kier molecular flexibility index (Phi) is 5.14. The zero-order chi connectivity index (χ0) is 20.5. The molecule has 0 aliphatic carbocycles. The molecule has 1 aliphatic heterocycles. The van der Waals surface area contributed by atoms with Crippen molar-refractivity contribution in [2.45, 2.75) is 25.2 Å². The lowest BCUT2D eigenvalue weighted by molar-refractivity contribution is -0.118. The second-order valence-electron chi connectivity index (χ2n) is 6.25. The van der Waals surface area contributed by atoms with E-state index in [0.717, 1.165) is 5.75 Å². The molecular formula is C20H16F2N4O2S. The third-order valence-electron chi connectivity index (χ3n) is 4.33. The predicted molar refractivity (Wildman–Crippen MR) is 105 cm³/mol. The summed E-state index contributed by atoms with van der Waals surface area (Å²) in [6.45, 7) is 3.32. The number of anilines is 1. The van der Waals surface area contributed by atoms with E-state index in [1.807, 2.05) is 6.92 Å². The minimum atomic E-state index is -0.935. The van der Waals surface area contributed by atoms with Gasteiger partial charge >= 0.3 is 0 Å². The summed E-state index contributed by atoms with van der Waals surface area (Å²) in [5, 5.41) is 8.67. The first kappa shape index (κ1) is 19.3. The number of amides is 1. The molecule has 0 saturated heterocycles. The maximum Gasteiger partial charge on any atom is 0.247 e. The van der Waals surface area contributed by atoms with Crippen molar-refractivity contribution < 1.29 is 18.3 Å². The van der Waals surface area contributed by atoms with E-state index in [-0.39, 0.29) is 17.5 Å². The van der Waals surface area contributed by atoms with Crippen molar-refractivity contribution in [3.05, 3.63) is 59.7 Å². The van der Waals surface area contributed by atoms with Crippen LogP contribution in [0.5, 0.6) is 5.88 Å². The molecule has 0 bridgehead atoms. The van der Waals surface area contributed by atoms with Gasteiger partial charge in [-0.1, -0.05) is 30.8 Å². The summed E-state index contributed by atoms with van der Waals surface area (Å²) in [7, 11) is 0. The van der Waals surface area contributed by atoms with Crippen molar-refractivity contribution >= 4 is 23.4 Å². The topological polar surface area (TPSA) is 68.2 Å². The highest BCUT2D eigenvalue weighted by molar-refractivity contribution is 7.99. The maximum absolute atomic E-state index is 14.1. The highest BCUT2D eigenvalue weighted by atomic mass is 32.2. The van der Waals surface area contributed by atoms with Crippen molar-refractivity contribution in [2.24, 2.45) is 0 Å². The fraction of sp³-hybridized carbons (Fsp3) is 0.200. The van der Waals surface area contributed by atoms with Crippen molar-refractivity contribution in [1.82, 2.24) is 15.2 Å². The van der Waals surface area contributed by atoms with Gasteiger partial charge < -0.3 is 4.74 Å². The summed E-state index contributed by atoms with van der Waals surface area (Å²) >= 11 is 1.38. The summed E-state index contributed by atoms with van der Waals surface area (Å²) in [6, 6.07) is 9.63. The van der Waals surface area contributed by atoms with Gasteiger partial charge in [-0.3, -0.25) is 9.69 Å². The molecule has 1 unspecified atom stereocenters. The molecule has 3 aromatic rings. The zero-order valence-corrected chi connectivity index (χ0v) is 16.4. The number of carbonyl (C=O) groups is 1. The SMILES string of the molecule is CCSc1nnc2c(n1)OC(c1ccc(F)cc1)N(C(C)=O)c1ccc(F)cc1-2. The van der Waals surface area contributed by atoms with Crippen LogP contribution in [0.15, 0.2) is 47.6 Å². The van der Waals surface area contributed by atoms with E-state index in [1.54, 1.807) is 0 Å². The Hall–Kier alpha value is -3.07. The van der Waals surface area contributed by atoms with E-state index < -0.39 is 17.9 Å². The van der Waals surface area contributed by atoms with Crippen LogP contribution in [-0.2, 0) is 4.79 Å². The van der Waals surface area contributed by atoms with E-state index >= 15 is 0 Å². The van der Waals surface area contributed by atoms with Gasteiger partial charge in [0.15, 0.2) is 5.69 Å². The lowest BCUT2D eigenvalue weighted by atomic mass is 10.1. The van der Waals surface area contributed by atoms with E-state index in [2.05, 4.69) is 15.2 Å². The number of fused-ring (bicyclic) bond motifs is 3. The van der Waals surface area contributed by atoms with Gasteiger partial charge in [0.25, 0.3) is 0 Å². The van der Waals surface area contributed by atoms with Gasteiger partial charge in [0.05, 0.1) is 5.69 Å². The van der Waals surface area contributed by atoms with Crippen LogP contribution in [0.25, 0.3) is 11.3 Å². The Morgan fingerprint density at radius 3 is 2.55 bits per heavy atom. The molecule has 2 aromatic carbocycles. The van der Waals surface area contributed by atoms with Gasteiger partial charge in [0, 0.05) is 18.1 Å². The van der Waals surface area contributed by atoms with Gasteiger partial charge in [-0.2, -0.15) is 4.98 Å². The quantitative estimate of drug-likeness (QED) is 0.593. The molecule has 2 heterocycles. The van der Waals surface area contributed by atoms with E-state index in [0.29, 0.717) is 22.0 Å². The van der Waals surface area contributed by atoms with Crippen molar-refractivity contribution in [2.75, 3.05) is 10.7 Å². The second kappa shape index (κ2) is 7.75. The smallest absolute Gasteiger partial charge is 0.247 e. The van der Waals surface area contributed by atoms with E-state index in [1.165, 1.54) is 66.1 Å². The number of carbonyl (C=O) groups excluding carboxylic acids is 1. The van der Waals surface area contributed by atoms with Crippen LogP contribution in [0.1, 0.15) is 25.6 Å². The first-order chi connectivity index (χ1) is 14.0. The standard InChI is InChI=1S/C20H16F2N4O2S/c1-3-29-20-23-18-17(24-25-20)15-10-14(22)8-9-16(15)26(11(2)27)19(28-18)12-4-6-13(21)7-5-12/h4-10,19H,3H2,1-2H3. The third-order valence-corrected chi connectivity index (χ3v) is 5.05. The van der Waals surface area contributed by atoms with Crippen LogP contribution >= 0.6 is 11.8 Å². The highest BCUT2D eigenvalue weighted by Gasteiger charge is 2.34. The Bertz CT molecular complexity index is 1080. The molecule has 1 amide bonds. The Morgan fingerprint density at radius 1 is 1.14 bits per heavy atom. The van der Waals surface area contributed by atoms with Gasteiger partial charge in [-0.25, -0.2) is 8.78 Å². The van der Waals surface area contributed by atoms with Crippen LogP contribution in [0.4, 0.5) is 14.5 Å². The minimum Gasteiger partial charge on any atom is -0.447 e. The average molecular weight is 414 g/mol. The lowest BCUT2D eigenvalue weighted by Gasteiger charge is -2.29. The number of hydrogen-bond acceptors (Lipinski definition) is 6. The van der Waals surface area contributed by atoms with Crippen molar-refractivity contribution in [3.8, 4) is 17.1 Å². The molecule has 0 saturated carbocycles. The number of aromatic nitrogens is 3. The van der Waals surface area contributed by atoms with Gasteiger partial charge in [0.1, 0.15) is 11.6 Å². The molecule has 0 radical (unpaired) electrons. The highest BCUT2D eigenvalue weighted by Crippen LogP contribution is 2.43. The van der Waals surface area contributed by atoms with Gasteiger partial charge in [0.2, 0.25) is 23.2 Å². The number of nitrogens with zero attached hydrogens (tertiary/aromatic N) is 4. The molecular weight excluding hydrogens is 398 g/mol. The number of halogens is 2. The summed E-state index contributed by atoms with van der Waals surface area (Å²) < 4.78 is 33.6. The molecule has 1 atom stereocenters. The lowest BCUT2D eigenvalue weighted by Crippen LogP contribution is -2.36. The molecule has 4 rings (SSSR count). The Labute approximate surface area is 169 Å². The summed E-state index contributed by atoms with van der Waals surface area (Å²) in [6.07, 6.45) is -0.935. The van der Waals surface area contributed by atoms with Crippen LogP contribution in [-0.4, -0.2) is 26.8 Å². The minimum absolute atomic E-state index is 0.126. The van der Waals surface area contributed by atoms with Crippen LogP contribution in [0.2, 0.25) is 0 Å². The third kappa shape index (κ3) is 3.65. The number of thioether (sulfide) groups is 1. The maximum atomic E-state index is 14.1. The average Bonchev–Trinajstić information content (AvgIpc) is 2.83. The van der Waals surface area contributed by atoms with Crippen LogP contribution in [0, 0.1) is 11.6 Å². The van der Waals surface area contributed by atoms with Crippen molar-refractivity contribution in [3.63, 3.8) is 0 Å². The largest absolute Gasteiger partial charge is 0.447 e. The normalized spacial score (nSPS) is 15.2. The molecule has 9 heteroatoms. The zero-order valence-electron chi connectivity index (χ0n) is 15.6. The van der Waals surface area contributed by atoms with E-state index in [4.69, 9.17) is 4.74 Å². The predicted octanol–water partition coefficient (Wildman–Crippen LogP) is 4.37. The van der Waals surface area contributed by atoms with Crippen LogP contribution < -0.4 is 9.64 Å².